The number of carbonyl (C=O) groups is 2. The second-order valence-corrected chi connectivity index (χ2v) is 8.80. The molecule has 0 atom stereocenters. The molecule has 0 N–H and O–H groups in total. The Morgan fingerprint density at radius 1 is 1.07 bits per heavy atom. The largest absolute Gasteiger partial charge is 0.371 e. The van der Waals surface area contributed by atoms with Crippen LogP contribution >= 0.6 is 11.8 Å². The number of benzene rings is 1. The number of aryl methyl sites for hydroxylation is 2. The Morgan fingerprint density at radius 2 is 1.79 bits per heavy atom. The van der Waals surface area contributed by atoms with Crippen molar-refractivity contribution < 1.29 is 9.59 Å². The first-order valence-electron chi connectivity index (χ1n) is 10.6. The molecule has 0 unspecified atom stereocenters. The molecule has 1 fully saturated rings. The van der Waals surface area contributed by atoms with E-state index in [9.17, 15) is 9.59 Å². The first kappa shape index (κ1) is 20.0. The molecule has 0 radical (unpaired) electrons. The van der Waals surface area contributed by atoms with Crippen LogP contribution in [0.3, 0.4) is 0 Å². The first-order chi connectivity index (χ1) is 14.2. The van der Waals surface area contributed by atoms with Gasteiger partial charge in [0.1, 0.15) is 0 Å². The van der Waals surface area contributed by atoms with Crippen LogP contribution in [-0.4, -0.2) is 35.7 Å². The molecule has 3 heterocycles. The maximum Gasteiger partial charge on any atom is 0.293 e. The van der Waals surface area contributed by atoms with Gasteiger partial charge in [-0.2, -0.15) is 0 Å². The van der Waals surface area contributed by atoms with Crippen molar-refractivity contribution in [3.63, 3.8) is 0 Å². The molecule has 29 heavy (non-hydrogen) atoms. The standard InChI is InChI=1S/C24H28N2O2S/c1-2-3-4-5-6-7-14-26-23(27)21(29-24(26)28)17-18-15-19-10-8-12-25-13-9-11-20(16-18)22(19)25/h2-5,15-17H,6-14H2,1H3/b3-2-,5-4-,21-17+. The third-order valence-electron chi connectivity index (χ3n) is 5.72. The number of nitrogens with zero attached hydrogens (tertiary/aromatic N) is 2. The van der Waals surface area contributed by atoms with Crippen LogP contribution in [0.4, 0.5) is 10.5 Å². The van der Waals surface area contributed by atoms with Crippen LogP contribution in [-0.2, 0) is 17.6 Å². The lowest BCUT2D eigenvalue weighted by atomic mass is 9.90. The zero-order valence-corrected chi connectivity index (χ0v) is 17.8. The van der Waals surface area contributed by atoms with Crippen molar-refractivity contribution in [2.75, 3.05) is 24.5 Å². The number of thioether (sulfide) groups is 1. The number of allylic oxidation sites excluding steroid dienone is 4. The lowest BCUT2D eigenvalue weighted by Crippen LogP contribution is -2.34. The summed E-state index contributed by atoms with van der Waals surface area (Å²) in [5, 5.41) is -0.149. The molecule has 1 aromatic rings. The van der Waals surface area contributed by atoms with Crippen LogP contribution in [0.1, 0.15) is 49.3 Å². The van der Waals surface area contributed by atoms with E-state index in [1.807, 2.05) is 31.2 Å². The number of amides is 2. The minimum absolute atomic E-state index is 0.148. The van der Waals surface area contributed by atoms with Crippen molar-refractivity contribution in [1.29, 1.82) is 0 Å². The van der Waals surface area contributed by atoms with E-state index in [1.165, 1.54) is 34.6 Å². The molecule has 1 aromatic carbocycles. The van der Waals surface area contributed by atoms with Gasteiger partial charge in [-0.1, -0.05) is 24.3 Å². The van der Waals surface area contributed by atoms with Gasteiger partial charge < -0.3 is 4.90 Å². The number of imide groups is 1. The fourth-order valence-electron chi connectivity index (χ4n) is 4.41. The maximum atomic E-state index is 12.8. The van der Waals surface area contributed by atoms with E-state index in [0.29, 0.717) is 11.4 Å². The lowest BCUT2D eigenvalue weighted by molar-refractivity contribution is -0.122. The Kier molecular flexibility index (Phi) is 6.24. The van der Waals surface area contributed by atoms with E-state index >= 15 is 0 Å². The molecule has 3 aliphatic heterocycles. The summed E-state index contributed by atoms with van der Waals surface area (Å²) >= 11 is 1.07. The van der Waals surface area contributed by atoms with Crippen molar-refractivity contribution in [3.05, 3.63) is 58.0 Å². The number of hydrogen-bond donors (Lipinski definition) is 0. The topological polar surface area (TPSA) is 40.6 Å². The van der Waals surface area contributed by atoms with Gasteiger partial charge in [0.2, 0.25) is 0 Å². The molecule has 4 nitrogen and oxygen atoms in total. The number of hydrogen-bond acceptors (Lipinski definition) is 4. The van der Waals surface area contributed by atoms with Gasteiger partial charge in [-0.3, -0.25) is 14.5 Å². The molecule has 0 saturated carbocycles. The summed E-state index contributed by atoms with van der Waals surface area (Å²) in [6, 6.07) is 4.44. The van der Waals surface area contributed by atoms with Gasteiger partial charge in [0.15, 0.2) is 0 Å². The van der Waals surface area contributed by atoms with Crippen molar-refractivity contribution >= 4 is 34.7 Å². The molecule has 152 valence electrons. The molecule has 1 saturated heterocycles. The van der Waals surface area contributed by atoms with Crippen molar-refractivity contribution in [2.24, 2.45) is 0 Å². The van der Waals surface area contributed by atoms with Gasteiger partial charge in [-0.25, -0.2) is 0 Å². The molecular formula is C24H28N2O2S. The Labute approximate surface area is 177 Å². The molecule has 0 aliphatic carbocycles. The minimum atomic E-state index is -0.149. The van der Waals surface area contributed by atoms with Crippen molar-refractivity contribution in [1.82, 2.24) is 4.90 Å². The SMILES string of the molecule is C/C=C\C=C/CCCN1C(=O)S/C(=C/c2cc3c4c(c2)CCCN4CCC3)C1=O. The molecule has 0 spiro atoms. The maximum absolute atomic E-state index is 12.8. The van der Waals surface area contributed by atoms with Crippen LogP contribution in [0.2, 0.25) is 0 Å². The van der Waals surface area contributed by atoms with E-state index in [4.69, 9.17) is 0 Å². The van der Waals surface area contributed by atoms with Gasteiger partial charge in [-0.15, -0.1) is 0 Å². The number of unbranched alkanes of at least 4 members (excludes halogenated alkanes) is 1. The van der Waals surface area contributed by atoms with Crippen LogP contribution in [0.25, 0.3) is 6.08 Å². The van der Waals surface area contributed by atoms with Crippen LogP contribution in [0.15, 0.2) is 41.3 Å². The Balaban J connectivity index is 1.48. The normalized spacial score (nSPS) is 20.5. The Hall–Kier alpha value is -2.27. The minimum Gasteiger partial charge on any atom is -0.371 e. The highest BCUT2D eigenvalue weighted by Crippen LogP contribution is 2.38. The first-order valence-corrected chi connectivity index (χ1v) is 11.4. The van der Waals surface area contributed by atoms with E-state index in [2.05, 4.69) is 23.1 Å². The lowest BCUT2D eigenvalue weighted by Gasteiger charge is -2.37. The van der Waals surface area contributed by atoms with Crippen molar-refractivity contribution in [3.8, 4) is 0 Å². The van der Waals surface area contributed by atoms with Gasteiger partial charge in [0, 0.05) is 25.3 Å². The van der Waals surface area contributed by atoms with Crippen molar-refractivity contribution in [2.45, 2.75) is 45.4 Å². The fourth-order valence-corrected chi connectivity index (χ4v) is 5.28. The summed E-state index contributed by atoms with van der Waals surface area (Å²) in [4.78, 5) is 29.6. The quantitative estimate of drug-likeness (QED) is 0.362. The van der Waals surface area contributed by atoms with Gasteiger partial charge >= 0.3 is 0 Å². The van der Waals surface area contributed by atoms with Crippen LogP contribution in [0.5, 0.6) is 0 Å². The third-order valence-corrected chi connectivity index (χ3v) is 6.63. The van der Waals surface area contributed by atoms with Crippen LogP contribution in [0, 0.1) is 0 Å². The highest BCUT2D eigenvalue weighted by Gasteiger charge is 2.34. The van der Waals surface area contributed by atoms with E-state index in [-0.39, 0.29) is 11.1 Å². The highest BCUT2D eigenvalue weighted by molar-refractivity contribution is 8.18. The van der Waals surface area contributed by atoms with E-state index in [1.54, 1.807) is 0 Å². The second kappa shape index (κ2) is 9.04. The number of anilines is 1. The molecule has 2 amide bonds. The molecular weight excluding hydrogens is 380 g/mol. The summed E-state index contributed by atoms with van der Waals surface area (Å²) in [6.07, 6.45) is 16.2. The van der Waals surface area contributed by atoms with Crippen LogP contribution < -0.4 is 4.90 Å². The summed E-state index contributed by atoms with van der Waals surface area (Å²) in [7, 11) is 0. The smallest absolute Gasteiger partial charge is 0.293 e. The van der Waals surface area contributed by atoms with Gasteiger partial charge in [0.25, 0.3) is 11.1 Å². The zero-order chi connectivity index (χ0) is 20.2. The van der Waals surface area contributed by atoms with Gasteiger partial charge in [-0.05, 0) is 92.1 Å². The predicted octanol–water partition coefficient (Wildman–Crippen LogP) is 5.33. The summed E-state index contributed by atoms with van der Waals surface area (Å²) < 4.78 is 0. The zero-order valence-electron chi connectivity index (χ0n) is 17.0. The number of rotatable bonds is 6. The Morgan fingerprint density at radius 3 is 2.48 bits per heavy atom. The molecule has 4 rings (SSSR count). The second-order valence-electron chi connectivity index (χ2n) is 7.81. The van der Waals surface area contributed by atoms with E-state index in [0.717, 1.165) is 56.1 Å². The predicted molar refractivity (Wildman–Crippen MR) is 121 cm³/mol. The molecule has 3 aliphatic rings. The molecule has 0 aromatic heterocycles. The summed E-state index contributed by atoms with van der Waals surface area (Å²) in [6.45, 7) is 4.77. The summed E-state index contributed by atoms with van der Waals surface area (Å²) in [5.41, 5.74) is 5.28. The molecule has 5 heteroatoms. The Bertz CT molecular complexity index is 869. The monoisotopic (exact) mass is 408 g/mol. The van der Waals surface area contributed by atoms with Gasteiger partial charge in [0.05, 0.1) is 4.91 Å². The number of carbonyl (C=O) groups excluding carboxylic acids is 2. The van der Waals surface area contributed by atoms with E-state index < -0.39 is 0 Å². The third kappa shape index (κ3) is 4.35. The highest BCUT2D eigenvalue weighted by atomic mass is 32.2. The average Bonchev–Trinajstić information content (AvgIpc) is 2.98. The molecule has 0 bridgehead atoms. The fraction of sp³-hybridized carbons (Fsp3) is 0.417. The summed E-state index contributed by atoms with van der Waals surface area (Å²) in [5.74, 6) is -0.148. The average molecular weight is 409 g/mol.